The molecular formula is C32H41N8O3S+. The highest BCUT2D eigenvalue weighted by Crippen LogP contribution is 2.36. The topological polar surface area (TPSA) is 103 Å². The van der Waals surface area contributed by atoms with E-state index in [0.717, 1.165) is 70.2 Å². The second kappa shape index (κ2) is 12.2. The van der Waals surface area contributed by atoms with Gasteiger partial charge in [0.2, 0.25) is 0 Å². The highest BCUT2D eigenvalue weighted by Gasteiger charge is 2.38. The molecule has 2 saturated heterocycles. The number of carbonyl (C=O) groups excluding carboxylic acids is 3. The summed E-state index contributed by atoms with van der Waals surface area (Å²) >= 11 is 1.54. The van der Waals surface area contributed by atoms with E-state index in [4.69, 9.17) is 0 Å². The number of urea groups is 1. The molecule has 0 saturated carbocycles. The van der Waals surface area contributed by atoms with Crippen LogP contribution in [0.4, 0.5) is 22.0 Å². The van der Waals surface area contributed by atoms with Crippen LogP contribution in [0.15, 0.2) is 48.7 Å². The highest BCUT2D eigenvalue weighted by molar-refractivity contribution is 8.00. The lowest BCUT2D eigenvalue weighted by Crippen LogP contribution is -2.51. The average Bonchev–Trinajstić information content (AvgIpc) is 3.53. The van der Waals surface area contributed by atoms with E-state index in [1.165, 1.54) is 0 Å². The fraction of sp³-hybridized carbons (Fsp3) is 0.438. The summed E-state index contributed by atoms with van der Waals surface area (Å²) in [6.07, 6.45) is 2.75. The summed E-state index contributed by atoms with van der Waals surface area (Å²) in [5, 5.41) is 10.3. The molecule has 3 aliphatic heterocycles. The first-order chi connectivity index (χ1) is 21.1. The molecule has 2 N–H and O–H groups in total. The maximum absolute atomic E-state index is 13.9. The van der Waals surface area contributed by atoms with E-state index >= 15 is 0 Å². The molecule has 232 valence electrons. The van der Waals surface area contributed by atoms with Gasteiger partial charge in [0.25, 0.3) is 11.8 Å². The van der Waals surface area contributed by atoms with Gasteiger partial charge < -0.3 is 29.8 Å². The Morgan fingerprint density at radius 2 is 1.91 bits per heavy atom. The SMILES string of the molecule is Cc1cc(C(=O)N2Cc3cnn(C)c3Nc3ccccc32)ccc1CNC(=O)N1CCS[C@H]1C(=O)N1CCC[N+](C)(C)CC1. The van der Waals surface area contributed by atoms with Gasteiger partial charge in [-0.25, -0.2) is 4.79 Å². The van der Waals surface area contributed by atoms with E-state index in [1.807, 2.05) is 61.3 Å². The number of anilines is 3. The third kappa shape index (κ3) is 6.00. The highest BCUT2D eigenvalue weighted by atomic mass is 32.2. The Balaban J connectivity index is 1.12. The molecule has 4 heterocycles. The average molecular weight is 618 g/mol. The number of nitrogens with one attached hydrogen (secondary N) is 2. The van der Waals surface area contributed by atoms with Gasteiger partial charge in [-0.15, -0.1) is 11.8 Å². The lowest BCUT2D eigenvalue weighted by molar-refractivity contribution is -0.888. The van der Waals surface area contributed by atoms with E-state index in [-0.39, 0.29) is 17.8 Å². The third-order valence-electron chi connectivity index (χ3n) is 8.90. The predicted molar refractivity (Wildman–Crippen MR) is 173 cm³/mol. The van der Waals surface area contributed by atoms with Gasteiger partial charge in [-0.05, 0) is 42.3 Å². The second-order valence-corrected chi connectivity index (χ2v) is 13.6. The van der Waals surface area contributed by atoms with Crippen molar-refractivity contribution in [3.63, 3.8) is 0 Å². The standard InChI is InChI=1S/C32H40N8O3S/c1-22-18-23(29(41)39-21-25-20-34-36(2)28(25)35-26-8-5-6-9-27(26)39)10-11-24(22)19-33-32(43)38-14-17-44-31(38)30(42)37-12-7-15-40(3,4)16-13-37/h5-6,8-11,18,20,31H,7,12-17,19,21H2,1-4H3,(H-,33,34,35,43)/p+1/t31-/m0/s1. The summed E-state index contributed by atoms with van der Waals surface area (Å²) < 4.78 is 2.69. The molecule has 1 atom stereocenters. The van der Waals surface area contributed by atoms with Crippen LogP contribution in [0.5, 0.6) is 0 Å². The minimum Gasteiger partial charge on any atom is -0.338 e. The smallest absolute Gasteiger partial charge is 0.319 e. The normalized spacial score (nSPS) is 19.4. The van der Waals surface area contributed by atoms with Crippen molar-refractivity contribution in [3.8, 4) is 0 Å². The third-order valence-corrected chi connectivity index (χ3v) is 10.1. The maximum Gasteiger partial charge on any atom is 0.319 e. The number of thioether (sulfide) groups is 1. The fourth-order valence-electron chi connectivity index (χ4n) is 6.16. The van der Waals surface area contributed by atoms with Crippen molar-refractivity contribution in [3.05, 3.63) is 70.9 Å². The zero-order valence-corrected chi connectivity index (χ0v) is 26.7. The first-order valence-electron chi connectivity index (χ1n) is 15.2. The fourth-order valence-corrected chi connectivity index (χ4v) is 7.36. The van der Waals surface area contributed by atoms with Crippen LogP contribution in [-0.2, 0) is 24.9 Å². The van der Waals surface area contributed by atoms with E-state index in [2.05, 4.69) is 29.8 Å². The largest absolute Gasteiger partial charge is 0.338 e. The molecule has 12 heteroatoms. The van der Waals surface area contributed by atoms with Crippen molar-refractivity contribution in [2.24, 2.45) is 7.05 Å². The Hall–Kier alpha value is -4.03. The Morgan fingerprint density at radius 1 is 1.09 bits per heavy atom. The molecular weight excluding hydrogens is 576 g/mol. The number of aromatic nitrogens is 2. The van der Waals surface area contributed by atoms with Gasteiger partial charge in [0.15, 0.2) is 5.37 Å². The first-order valence-corrected chi connectivity index (χ1v) is 16.2. The summed E-state index contributed by atoms with van der Waals surface area (Å²) in [5.74, 6) is 1.53. The lowest BCUT2D eigenvalue weighted by Gasteiger charge is -2.30. The van der Waals surface area contributed by atoms with Crippen LogP contribution in [0.3, 0.4) is 0 Å². The number of benzene rings is 2. The van der Waals surface area contributed by atoms with Gasteiger partial charge in [-0.3, -0.25) is 14.3 Å². The molecule has 1 aromatic heterocycles. The molecule has 0 bridgehead atoms. The number of para-hydroxylation sites is 2. The Kier molecular flexibility index (Phi) is 8.30. The number of carbonyl (C=O) groups is 3. The second-order valence-electron chi connectivity index (χ2n) is 12.5. The summed E-state index contributed by atoms with van der Waals surface area (Å²) in [4.78, 5) is 46.0. The number of rotatable bonds is 4. The monoisotopic (exact) mass is 617 g/mol. The lowest BCUT2D eigenvalue weighted by atomic mass is 10.0. The molecule has 3 aromatic rings. The molecule has 0 radical (unpaired) electrons. The van der Waals surface area contributed by atoms with Crippen molar-refractivity contribution >= 4 is 46.8 Å². The van der Waals surface area contributed by atoms with Gasteiger partial charge >= 0.3 is 6.03 Å². The number of amides is 4. The van der Waals surface area contributed by atoms with E-state index in [0.29, 0.717) is 31.7 Å². The number of hydrogen-bond donors (Lipinski definition) is 2. The van der Waals surface area contributed by atoms with Crippen LogP contribution in [-0.4, -0.2) is 99.9 Å². The zero-order chi connectivity index (χ0) is 31.0. The Bertz CT molecular complexity index is 1590. The molecule has 11 nitrogen and oxygen atoms in total. The molecule has 3 aliphatic rings. The summed E-state index contributed by atoms with van der Waals surface area (Å²) in [6, 6.07) is 13.1. The number of nitrogens with zero attached hydrogens (tertiary/aromatic N) is 6. The minimum atomic E-state index is -0.490. The molecule has 0 unspecified atom stereocenters. The number of fused-ring (bicyclic) bond motifs is 2. The van der Waals surface area contributed by atoms with Gasteiger partial charge in [0, 0.05) is 50.0 Å². The quantitative estimate of drug-likeness (QED) is 0.435. The zero-order valence-electron chi connectivity index (χ0n) is 25.9. The van der Waals surface area contributed by atoms with Gasteiger partial charge in [-0.2, -0.15) is 5.10 Å². The van der Waals surface area contributed by atoms with Crippen LogP contribution in [0.25, 0.3) is 0 Å². The van der Waals surface area contributed by atoms with E-state index < -0.39 is 5.37 Å². The predicted octanol–water partition coefficient (Wildman–Crippen LogP) is 3.53. The van der Waals surface area contributed by atoms with Crippen molar-refractivity contribution in [1.29, 1.82) is 0 Å². The Labute approximate surface area is 262 Å². The van der Waals surface area contributed by atoms with E-state index in [9.17, 15) is 14.4 Å². The van der Waals surface area contributed by atoms with Crippen LogP contribution < -0.4 is 15.5 Å². The summed E-state index contributed by atoms with van der Waals surface area (Å²) in [6.45, 7) is 6.61. The summed E-state index contributed by atoms with van der Waals surface area (Å²) in [7, 11) is 6.28. The van der Waals surface area contributed by atoms with Gasteiger partial charge in [-0.1, -0.05) is 18.2 Å². The van der Waals surface area contributed by atoms with Crippen molar-refractivity contribution in [2.45, 2.75) is 31.8 Å². The number of aryl methyl sites for hydroxylation is 2. The van der Waals surface area contributed by atoms with Crippen molar-refractivity contribution < 1.29 is 18.9 Å². The number of likely N-dealkylation sites (N-methyl/N-ethyl adjacent to an activating group) is 1. The molecule has 2 fully saturated rings. The number of hydrogen-bond acceptors (Lipinski definition) is 6. The van der Waals surface area contributed by atoms with Gasteiger partial charge in [0.1, 0.15) is 5.82 Å². The maximum atomic E-state index is 13.9. The van der Waals surface area contributed by atoms with Gasteiger partial charge in [0.05, 0.1) is 57.8 Å². The van der Waals surface area contributed by atoms with Crippen molar-refractivity contribution in [1.82, 2.24) is 24.9 Å². The van der Waals surface area contributed by atoms with Crippen LogP contribution in [0.2, 0.25) is 0 Å². The number of quaternary nitrogens is 1. The molecule has 4 amide bonds. The Morgan fingerprint density at radius 3 is 2.73 bits per heavy atom. The summed E-state index contributed by atoms with van der Waals surface area (Å²) in [5.41, 5.74) is 4.98. The van der Waals surface area contributed by atoms with Crippen molar-refractivity contribution in [2.75, 3.05) is 62.8 Å². The molecule has 44 heavy (non-hydrogen) atoms. The molecule has 0 spiro atoms. The van der Waals surface area contributed by atoms with Crippen LogP contribution in [0.1, 0.15) is 33.5 Å². The molecule has 6 rings (SSSR count). The van der Waals surface area contributed by atoms with Crippen LogP contribution in [0, 0.1) is 6.92 Å². The first kappa shape index (κ1) is 30.0. The minimum absolute atomic E-state index is 0.0345. The molecule has 0 aliphatic carbocycles. The van der Waals surface area contributed by atoms with E-state index in [1.54, 1.807) is 32.4 Å². The van der Waals surface area contributed by atoms with Crippen LogP contribution >= 0.6 is 11.8 Å². The molecule has 2 aromatic carbocycles.